The van der Waals surface area contributed by atoms with Crippen LogP contribution in [-0.2, 0) is 13.0 Å². The van der Waals surface area contributed by atoms with Gasteiger partial charge in [0.25, 0.3) is 0 Å². The maximum absolute atomic E-state index is 6.22. The van der Waals surface area contributed by atoms with Crippen LogP contribution >= 0.6 is 46.9 Å². The van der Waals surface area contributed by atoms with Crippen LogP contribution in [0.3, 0.4) is 0 Å². The number of aromatic nitrogens is 1. The topological polar surface area (TPSA) is 40.5 Å². The Morgan fingerprint density at radius 3 is 2.75 bits per heavy atom. The molecule has 0 atom stereocenters. The maximum atomic E-state index is 6.22. The van der Waals surface area contributed by atoms with Gasteiger partial charge in [0.15, 0.2) is 5.96 Å². The lowest BCUT2D eigenvalue weighted by atomic mass is 10.2. The number of nitrogens with one attached hydrogen (secondary N) is 1. The molecule has 1 heterocycles. The molecule has 2 aromatic rings. The van der Waals surface area contributed by atoms with Crippen LogP contribution in [0.5, 0.6) is 0 Å². The zero-order chi connectivity index (χ0) is 16.7. The summed E-state index contributed by atoms with van der Waals surface area (Å²) < 4.78 is 0. The second-order valence-corrected chi connectivity index (χ2v) is 6.76. The van der Waals surface area contributed by atoms with Crippen LogP contribution in [0.15, 0.2) is 34.6 Å². The van der Waals surface area contributed by atoms with Gasteiger partial charge in [0.05, 0.1) is 5.01 Å². The van der Waals surface area contributed by atoms with Crippen molar-refractivity contribution in [3.63, 3.8) is 0 Å². The second kappa shape index (κ2) is 10.9. The average molecular weight is 479 g/mol. The SMILES string of the molecule is CN=C(NCCCc1nc(C)cs1)N(C)Cc1ccccc1Cl.I. The van der Waals surface area contributed by atoms with Crippen molar-refractivity contribution in [2.45, 2.75) is 26.3 Å². The first-order valence-electron chi connectivity index (χ1n) is 7.66. The average Bonchev–Trinajstić information content (AvgIpc) is 2.95. The molecule has 0 saturated heterocycles. The van der Waals surface area contributed by atoms with Gasteiger partial charge in [-0.3, -0.25) is 4.99 Å². The van der Waals surface area contributed by atoms with Crippen molar-refractivity contribution in [3.05, 3.63) is 50.9 Å². The van der Waals surface area contributed by atoms with Crippen molar-refractivity contribution < 1.29 is 0 Å². The van der Waals surface area contributed by atoms with Crippen molar-refractivity contribution >= 4 is 52.9 Å². The van der Waals surface area contributed by atoms with Crippen LogP contribution in [0.25, 0.3) is 0 Å². The number of benzene rings is 1. The Morgan fingerprint density at radius 2 is 2.12 bits per heavy atom. The van der Waals surface area contributed by atoms with Crippen LogP contribution in [0, 0.1) is 6.92 Å². The zero-order valence-electron chi connectivity index (χ0n) is 14.3. The molecule has 0 unspecified atom stereocenters. The van der Waals surface area contributed by atoms with Gasteiger partial charge in [0.1, 0.15) is 0 Å². The summed E-state index contributed by atoms with van der Waals surface area (Å²) in [7, 11) is 3.82. The van der Waals surface area contributed by atoms with Gasteiger partial charge in [-0.15, -0.1) is 35.3 Å². The third kappa shape index (κ3) is 6.57. The van der Waals surface area contributed by atoms with Gasteiger partial charge in [-0.25, -0.2) is 4.98 Å². The molecule has 0 aliphatic heterocycles. The Labute approximate surface area is 170 Å². The third-order valence-corrected chi connectivity index (χ3v) is 4.85. The molecule has 24 heavy (non-hydrogen) atoms. The number of halogens is 2. The fourth-order valence-corrected chi connectivity index (χ4v) is 3.31. The molecule has 0 bridgehead atoms. The Bertz CT molecular complexity index is 660. The number of guanidine groups is 1. The maximum Gasteiger partial charge on any atom is 0.193 e. The Morgan fingerprint density at radius 1 is 1.38 bits per heavy atom. The van der Waals surface area contributed by atoms with E-state index in [1.165, 1.54) is 5.01 Å². The van der Waals surface area contributed by atoms with Crippen LogP contribution in [0.1, 0.15) is 22.7 Å². The molecule has 0 aliphatic rings. The standard InChI is InChI=1S/C17H23ClN4S.HI/c1-13-12-23-16(21-13)9-6-10-20-17(19-2)22(3)11-14-7-4-5-8-15(14)18;/h4-5,7-8,12H,6,9-11H2,1-3H3,(H,19,20);1H. The molecule has 1 N–H and O–H groups in total. The Balaban J connectivity index is 0.00000288. The van der Waals surface area contributed by atoms with Gasteiger partial charge in [-0.2, -0.15) is 0 Å². The van der Waals surface area contributed by atoms with Crippen molar-refractivity contribution in [1.82, 2.24) is 15.2 Å². The minimum absolute atomic E-state index is 0. The summed E-state index contributed by atoms with van der Waals surface area (Å²) in [6.07, 6.45) is 2.03. The van der Waals surface area contributed by atoms with Crippen molar-refractivity contribution in [3.8, 4) is 0 Å². The number of nitrogens with zero attached hydrogens (tertiary/aromatic N) is 3. The Kier molecular flexibility index (Phi) is 9.61. The number of aliphatic imine (C=N–C) groups is 1. The summed E-state index contributed by atoms with van der Waals surface area (Å²) in [5, 5.41) is 7.48. The fraction of sp³-hybridized carbons (Fsp3) is 0.412. The van der Waals surface area contributed by atoms with E-state index in [0.717, 1.165) is 48.2 Å². The predicted octanol–water partition coefficient (Wildman–Crippen LogP) is 4.36. The molecule has 1 aromatic heterocycles. The normalized spacial score (nSPS) is 11.1. The molecule has 7 heteroatoms. The minimum Gasteiger partial charge on any atom is -0.356 e. The number of hydrogen-bond acceptors (Lipinski definition) is 3. The molecule has 0 saturated carbocycles. The van der Waals surface area contributed by atoms with Gasteiger partial charge in [-0.1, -0.05) is 29.8 Å². The summed E-state index contributed by atoms with van der Waals surface area (Å²) in [5.74, 6) is 0.875. The molecule has 2 rings (SSSR count). The quantitative estimate of drug-likeness (QED) is 0.290. The van der Waals surface area contributed by atoms with Crippen molar-refractivity contribution in [2.24, 2.45) is 4.99 Å². The first kappa shape index (κ1) is 21.2. The van der Waals surface area contributed by atoms with Crippen molar-refractivity contribution in [2.75, 3.05) is 20.6 Å². The van der Waals surface area contributed by atoms with Gasteiger partial charge in [0, 0.05) is 49.7 Å². The number of aryl methyl sites for hydroxylation is 2. The van der Waals surface area contributed by atoms with E-state index in [1.807, 2.05) is 38.2 Å². The molecule has 0 radical (unpaired) electrons. The first-order chi connectivity index (χ1) is 11.1. The highest BCUT2D eigenvalue weighted by atomic mass is 127. The van der Waals surface area contributed by atoms with Crippen LogP contribution in [0.4, 0.5) is 0 Å². The number of thiazole rings is 1. The fourth-order valence-electron chi connectivity index (χ4n) is 2.30. The molecule has 1 aromatic carbocycles. The first-order valence-corrected chi connectivity index (χ1v) is 8.92. The summed E-state index contributed by atoms with van der Waals surface area (Å²) >= 11 is 7.95. The molecular formula is C17H24ClIN4S. The monoisotopic (exact) mass is 478 g/mol. The summed E-state index contributed by atoms with van der Waals surface area (Å²) in [6, 6.07) is 7.90. The molecule has 0 fully saturated rings. The lowest BCUT2D eigenvalue weighted by Crippen LogP contribution is -2.39. The molecular weight excluding hydrogens is 455 g/mol. The van der Waals surface area contributed by atoms with E-state index in [1.54, 1.807) is 18.4 Å². The molecule has 4 nitrogen and oxygen atoms in total. The van der Waals surface area contributed by atoms with E-state index < -0.39 is 0 Å². The van der Waals surface area contributed by atoms with Crippen molar-refractivity contribution in [1.29, 1.82) is 0 Å². The number of rotatable bonds is 6. The van der Waals surface area contributed by atoms with Crippen LogP contribution in [-0.4, -0.2) is 36.5 Å². The lowest BCUT2D eigenvalue weighted by molar-refractivity contribution is 0.476. The summed E-state index contributed by atoms with van der Waals surface area (Å²) in [4.78, 5) is 10.9. The smallest absolute Gasteiger partial charge is 0.193 e. The molecule has 132 valence electrons. The highest BCUT2D eigenvalue weighted by Gasteiger charge is 2.08. The largest absolute Gasteiger partial charge is 0.356 e. The van der Waals surface area contributed by atoms with E-state index >= 15 is 0 Å². The predicted molar refractivity (Wildman–Crippen MR) is 115 cm³/mol. The van der Waals surface area contributed by atoms with Crippen LogP contribution < -0.4 is 5.32 Å². The molecule has 0 amide bonds. The van der Waals surface area contributed by atoms with Gasteiger partial charge in [-0.05, 0) is 25.0 Å². The van der Waals surface area contributed by atoms with Gasteiger partial charge >= 0.3 is 0 Å². The highest BCUT2D eigenvalue weighted by molar-refractivity contribution is 14.0. The summed E-state index contributed by atoms with van der Waals surface area (Å²) in [6.45, 7) is 3.63. The second-order valence-electron chi connectivity index (χ2n) is 5.41. The van der Waals surface area contributed by atoms with Gasteiger partial charge in [0.2, 0.25) is 0 Å². The minimum atomic E-state index is 0. The Hall–Kier alpha value is -0.860. The van der Waals surface area contributed by atoms with E-state index in [-0.39, 0.29) is 24.0 Å². The molecule has 0 spiro atoms. The third-order valence-electron chi connectivity index (χ3n) is 3.46. The van der Waals surface area contributed by atoms with E-state index in [9.17, 15) is 0 Å². The zero-order valence-corrected chi connectivity index (χ0v) is 18.2. The van der Waals surface area contributed by atoms with Crippen LogP contribution in [0.2, 0.25) is 5.02 Å². The molecule has 0 aliphatic carbocycles. The van der Waals surface area contributed by atoms with E-state index in [2.05, 4.69) is 25.6 Å². The van der Waals surface area contributed by atoms with Gasteiger partial charge < -0.3 is 10.2 Å². The number of hydrogen-bond donors (Lipinski definition) is 1. The van der Waals surface area contributed by atoms with E-state index in [0.29, 0.717) is 0 Å². The summed E-state index contributed by atoms with van der Waals surface area (Å²) in [5.41, 5.74) is 2.20. The lowest BCUT2D eigenvalue weighted by Gasteiger charge is -2.22. The van der Waals surface area contributed by atoms with E-state index in [4.69, 9.17) is 11.6 Å². The highest BCUT2D eigenvalue weighted by Crippen LogP contribution is 2.16.